The highest BCUT2D eigenvalue weighted by Crippen LogP contribution is 2.28. The van der Waals surface area contributed by atoms with E-state index in [0.717, 1.165) is 5.69 Å². The molecule has 0 amide bonds. The Morgan fingerprint density at radius 2 is 1.75 bits per heavy atom. The standard InChI is InChI=1S/C19H29N5O3S/c1-12(2)24-15(5)19(14(4)22-24)28(25,26)23-9-7-17(8-10-23)27-18-11-13(3)20-16(6)21-18/h11-12,17H,7-10H2,1-6H3. The van der Waals surface area contributed by atoms with Crippen LogP contribution >= 0.6 is 0 Å². The van der Waals surface area contributed by atoms with E-state index in [4.69, 9.17) is 4.74 Å². The maximum atomic E-state index is 13.2. The summed E-state index contributed by atoms with van der Waals surface area (Å²) in [6.07, 6.45) is 1.19. The van der Waals surface area contributed by atoms with Crippen molar-refractivity contribution < 1.29 is 13.2 Å². The number of hydrogen-bond donors (Lipinski definition) is 0. The normalized spacial score (nSPS) is 16.7. The molecule has 0 bridgehead atoms. The number of rotatable bonds is 5. The van der Waals surface area contributed by atoms with Crippen LogP contribution in [0.15, 0.2) is 11.0 Å². The lowest BCUT2D eigenvalue weighted by molar-refractivity contribution is 0.129. The quantitative estimate of drug-likeness (QED) is 0.757. The van der Waals surface area contributed by atoms with Crippen LogP contribution in [0.5, 0.6) is 5.88 Å². The zero-order chi connectivity index (χ0) is 20.6. The Morgan fingerprint density at radius 3 is 2.29 bits per heavy atom. The molecule has 0 radical (unpaired) electrons. The average Bonchev–Trinajstić information content (AvgIpc) is 2.89. The maximum Gasteiger partial charge on any atom is 0.246 e. The third-order valence-electron chi connectivity index (χ3n) is 4.98. The summed E-state index contributed by atoms with van der Waals surface area (Å²) in [5.41, 5.74) is 2.10. The second kappa shape index (κ2) is 7.79. The zero-order valence-corrected chi connectivity index (χ0v) is 18.2. The Bertz CT molecular complexity index is 940. The first-order valence-corrected chi connectivity index (χ1v) is 11.1. The molecule has 3 heterocycles. The van der Waals surface area contributed by atoms with Crippen LogP contribution in [0.1, 0.15) is 55.6 Å². The topological polar surface area (TPSA) is 90.2 Å². The second-order valence-electron chi connectivity index (χ2n) is 7.65. The van der Waals surface area contributed by atoms with E-state index in [0.29, 0.717) is 53.9 Å². The van der Waals surface area contributed by atoms with Crippen molar-refractivity contribution in [2.75, 3.05) is 13.1 Å². The Hall–Kier alpha value is -2.00. The molecule has 0 unspecified atom stereocenters. The van der Waals surface area contributed by atoms with Crippen molar-refractivity contribution in [1.82, 2.24) is 24.1 Å². The van der Waals surface area contributed by atoms with Crippen molar-refractivity contribution in [2.24, 2.45) is 0 Å². The monoisotopic (exact) mass is 407 g/mol. The number of hydrogen-bond acceptors (Lipinski definition) is 6. The van der Waals surface area contributed by atoms with Gasteiger partial charge in [-0.2, -0.15) is 14.4 Å². The van der Waals surface area contributed by atoms with Gasteiger partial charge in [0.25, 0.3) is 0 Å². The van der Waals surface area contributed by atoms with Gasteiger partial charge in [-0.15, -0.1) is 0 Å². The fourth-order valence-corrected chi connectivity index (χ4v) is 5.59. The van der Waals surface area contributed by atoms with Crippen LogP contribution in [0.4, 0.5) is 0 Å². The van der Waals surface area contributed by atoms with E-state index in [9.17, 15) is 8.42 Å². The summed E-state index contributed by atoms with van der Waals surface area (Å²) in [7, 11) is -3.58. The molecule has 9 heteroatoms. The highest BCUT2D eigenvalue weighted by Gasteiger charge is 2.34. The second-order valence-corrected chi connectivity index (χ2v) is 9.53. The predicted octanol–water partition coefficient (Wildman–Crippen LogP) is 2.72. The number of nitrogens with zero attached hydrogens (tertiary/aromatic N) is 5. The molecule has 8 nitrogen and oxygen atoms in total. The molecule has 0 N–H and O–H groups in total. The van der Waals surface area contributed by atoms with Crippen LogP contribution < -0.4 is 4.74 Å². The van der Waals surface area contributed by atoms with Gasteiger partial charge in [-0.3, -0.25) is 4.68 Å². The summed E-state index contributed by atoms with van der Waals surface area (Å²) < 4.78 is 35.8. The molecule has 2 aromatic rings. The van der Waals surface area contributed by atoms with Crippen LogP contribution in [0, 0.1) is 27.7 Å². The van der Waals surface area contributed by atoms with E-state index in [1.807, 2.05) is 40.7 Å². The first kappa shape index (κ1) is 20.7. The van der Waals surface area contributed by atoms with Crippen LogP contribution in [0.3, 0.4) is 0 Å². The van der Waals surface area contributed by atoms with Gasteiger partial charge in [-0.1, -0.05) is 0 Å². The molecule has 0 spiro atoms. The van der Waals surface area contributed by atoms with Gasteiger partial charge in [0.2, 0.25) is 15.9 Å². The highest BCUT2D eigenvalue weighted by molar-refractivity contribution is 7.89. The molecule has 1 aliphatic rings. The predicted molar refractivity (Wildman–Crippen MR) is 106 cm³/mol. The molecule has 1 fully saturated rings. The van der Waals surface area contributed by atoms with E-state index in [1.165, 1.54) is 0 Å². The fraction of sp³-hybridized carbons (Fsp3) is 0.632. The Labute approximate surface area is 167 Å². The van der Waals surface area contributed by atoms with Crippen LogP contribution in [-0.2, 0) is 10.0 Å². The van der Waals surface area contributed by atoms with Gasteiger partial charge in [0, 0.05) is 30.9 Å². The maximum absolute atomic E-state index is 13.2. The molecule has 0 saturated carbocycles. The molecule has 2 aromatic heterocycles. The fourth-order valence-electron chi connectivity index (χ4n) is 3.76. The van der Waals surface area contributed by atoms with E-state index >= 15 is 0 Å². The molecule has 1 saturated heterocycles. The molecular formula is C19H29N5O3S. The molecule has 0 aromatic carbocycles. The number of aryl methyl sites for hydroxylation is 3. The summed E-state index contributed by atoms with van der Waals surface area (Å²) in [4.78, 5) is 8.89. The first-order valence-electron chi connectivity index (χ1n) is 9.64. The highest BCUT2D eigenvalue weighted by atomic mass is 32.2. The third-order valence-corrected chi connectivity index (χ3v) is 7.13. The molecule has 28 heavy (non-hydrogen) atoms. The molecule has 0 aliphatic carbocycles. The van der Waals surface area contributed by atoms with Crippen LogP contribution in [0.2, 0.25) is 0 Å². The minimum Gasteiger partial charge on any atom is -0.474 e. The number of aromatic nitrogens is 4. The number of sulfonamides is 1. The molecule has 154 valence electrons. The minimum absolute atomic E-state index is 0.0549. The van der Waals surface area contributed by atoms with Gasteiger partial charge in [0.05, 0.1) is 11.4 Å². The van der Waals surface area contributed by atoms with Gasteiger partial charge in [-0.05, 0) is 54.4 Å². The van der Waals surface area contributed by atoms with Gasteiger partial charge >= 0.3 is 0 Å². The molecule has 0 atom stereocenters. The minimum atomic E-state index is -3.58. The summed E-state index contributed by atoms with van der Waals surface area (Å²) in [5, 5.41) is 4.43. The molecule has 1 aliphatic heterocycles. The largest absolute Gasteiger partial charge is 0.474 e. The first-order chi connectivity index (χ1) is 13.1. The van der Waals surface area contributed by atoms with Crippen molar-refractivity contribution in [3.05, 3.63) is 29.0 Å². The van der Waals surface area contributed by atoms with Crippen molar-refractivity contribution in [3.63, 3.8) is 0 Å². The zero-order valence-electron chi connectivity index (χ0n) is 17.4. The Balaban J connectivity index is 1.72. The summed E-state index contributed by atoms with van der Waals surface area (Å²) in [5.74, 6) is 1.22. The van der Waals surface area contributed by atoms with E-state index < -0.39 is 10.0 Å². The molecular weight excluding hydrogens is 378 g/mol. The van der Waals surface area contributed by atoms with Crippen molar-refractivity contribution in [2.45, 2.75) is 71.4 Å². The van der Waals surface area contributed by atoms with Crippen molar-refractivity contribution in [3.8, 4) is 5.88 Å². The lowest BCUT2D eigenvalue weighted by Gasteiger charge is -2.31. The summed E-state index contributed by atoms with van der Waals surface area (Å²) in [6, 6.07) is 1.92. The van der Waals surface area contributed by atoms with Crippen molar-refractivity contribution >= 4 is 10.0 Å². The van der Waals surface area contributed by atoms with Crippen LogP contribution in [-0.4, -0.2) is 51.7 Å². The number of piperidine rings is 1. The van der Waals surface area contributed by atoms with E-state index in [1.54, 1.807) is 15.9 Å². The smallest absolute Gasteiger partial charge is 0.246 e. The molecule has 3 rings (SSSR count). The summed E-state index contributed by atoms with van der Waals surface area (Å²) >= 11 is 0. The average molecular weight is 408 g/mol. The van der Waals surface area contributed by atoms with Gasteiger partial charge in [0.1, 0.15) is 16.8 Å². The van der Waals surface area contributed by atoms with Gasteiger partial charge < -0.3 is 4.74 Å². The number of ether oxygens (including phenoxy) is 1. The lowest BCUT2D eigenvalue weighted by atomic mass is 10.1. The van der Waals surface area contributed by atoms with Crippen molar-refractivity contribution in [1.29, 1.82) is 0 Å². The summed E-state index contributed by atoms with van der Waals surface area (Å²) in [6.45, 7) is 12.1. The van der Waals surface area contributed by atoms with Gasteiger partial charge in [0.15, 0.2) is 0 Å². The van der Waals surface area contributed by atoms with E-state index in [2.05, 4.69) is 15.1 Å². The Morgan fingerprint density at radius 1 is 1.11 bits per heavy atom. The lowest BCUT2D eigenvalue weighted by Crippen LogP contribution is -2.42. The third kappa shape index (κ3) is 4.05. The SMILES string of the molecule is Cc1cc(OC2CCN(S(=O)(=O)c3c(C)nn(C(C)C)c3C)CC2)nc(C)n1. The Kier molecular flexibility index (Phi) is 5.77. The van der Waals surface area contributed by atoms with Gasteiger partial charge in [-0.25, -0.2) is 13.4 Å². The van der Waals surface area contributed by atoms with Crippen LogP contribution in [0.25, 0.3) is 0 Å². The van der Waals surface area contributed by atoms with E-state index in [-0.39, 0.29) is 12.1 Å².